The van der Waals surface area contributed by atoms with Gasteiger partial charge in [-0.3, -0.25) is 0 Å². The van der Waals surface area contributed by atoms with Crippen molar-refractivity contribution in [2.24, 2.45) is 29.1 Å². The van der Waals surface area contributed by atoms with E-state index in [1.165, 1.54) is 25.7 Å². The average Bonchev–Trinajstić information content (AvgIpc) is 2.75. The van der Waals surface area contributed by atoms with E-state index < -0.39 is 0 Å². The molecule has 3 unspecified atom stereocenters. The summed E-state index contributed by atoms with van der Waals surface area (Å²) >= 11 is 2.54. The summed E-state index contributed by atoms with van der Waals surface area (Å²) in [6.45, 7) is 9.12. The van der Waals surface area contributed by atoms with Gasteiger partial charge in [-0.15, -0.1) is 6.58 Å². The van der Waals surface area contributed by atoms with Crippen molar-refractivity contribution in [2.45, 2.75) is 46.0 Å². The molecule has 3 aliphatic carbocycles. The molecular formula is C22H29I. The SMILES string of the molecule is C=C[C@H]1C(/C=C\CC2=CC=CCC2)C2CC=C(I)CC2C1(C)C. The van der Waals surface area contributed by atoms with Gasteiger partial charge in [0.1, 0.15) is 0 Å². The minimum Gasteiger partial charge on any atom is -0.103 e. The Bertz CT molecular complexity index is 573. The summed E-state index contributed by atoms with van der Waals surface area (Å²) in [5.74, 6) is 2.86. The van der Waals surface area contributed by atoms with Crippen LogP contribution in [0.25, 0.3) is 0 Å². The third-order valence-electron chi connectivity index (χ3n) is 6.36. The van der Waals surface area contributed by atoms with E-state index in [9.17, 15) is 0 Å². The monoisotopic (exact) mass is 420 g/mol. The molecule has 0 aromatic rings. The molecule has 0 saturated heterocycles. The van der Waals surface area contributed by atoms with Crippen molar-refractivity contribution in [3.05, 3.63) is 58.3 Å². The smallest absolute Gasteiger partial charge is 0.0116 e. The van der Waals surface area contributed by atoms with E-state index in [1.807, 2.05) is 0 Å². The third-order valence-corrected chi connectivity index (χ3v) is 7.24. The number of halogens is 1. The molecule has 0 bridgehead atoms. The molecule has 0 nitrogen and oxygen atoms in total. The van der Waals surface area contributed by atoms with Gasteiger partial charge in [0.05, 0.1) is 0 Å². The predicted molar refractivity (Wildman–Crippen MR) is 109 cm³/mol. The lowest BCUT2D eigenvalue weighted by atomic mass is 9.71. The summed E-state index contributed by atoms with van der Waals surface area (Å²) in [5.41, 5.74) is 1.93. The number of fused-ring (bicyclic) bond motifs is 1. The molecule has 0 aromatic heterocycles. The highest BCUT2D eigenvalue weighted by molar-refractivity contribution is 14.1. The van der Waals surface area contributed by atoms with Crippen molar-refractivity contribution < 1.29 is 0 Å². The molecule has 0 spiro atoms. The van der Waals surface area contributed by atoms with Crippen LogP contribution in [0.2, 0.25) is 0 Å². The molecule has 124 valence electrons. The number of hydrogen-bond donors (Lipinski definition) is 0. The molecule has 4 atom stereocenters. The second-order valence-electron chi connectivity index (χ2n) is 7.95. The first-order valence-electron chi connectivity index (χ1n) is 9.02. The van der Waals surface area contributed by atoms with E-state index in [1.54, 1.807) is 9.15 Å². The Morgan fingerprint density at radius 3 is 2.91 bits per heavy atom. The largest absolute Gasteiger partial charge is 0.103 e. The highest BCUT2D eigenvalue weighted by atomic mass is 127. The fraction of sp³-hybridized carbons (Fsp3) is 0.545. The number of hydrogen-bond acceptors (Lipinski definition) is 0. The van der Waals surface area contributed by atoms with Crippen LogP contribution in [0.1, 0.15) is 46.0 Å². The molecular weight excluding hydrogens is 391 g/mol. The van der Waals surface area contributed by atoms with Crippen LogP contribution in [-0.4, -0.2) is 0 Å². The van der Waals surface area contributed by atoms with Crippen LogP contribution in [0.15, 0.2) is 58.3 Å². The second kappa shape index (κ2) is 7.13. The summed E-state index contributed by atoms with van der Waals surface area (Å²) in [6, 6.07) is 0. The second-order valence-corrected chi connectivity index (χ2v) is 9.33. The summed E-state index contributed by atoms with van der Waals surface area (Å²) in [6.07, 6.45) is 22.5. The lowest BCUT2D eigenvalue weighted by Gasteiger charge is -2.35. The molecule has 1 fully saturated rings. The molecule has 0 heterocycles. The maximum atomic E-state index is 4.19. The van der Waals surface area contributed by atoms with Gasteiger partial charge in [0.15, 0.2) is 0 Å². The quantitative estimate of drug-likeness (QED) is 0.339. The molecule has 1 heteroatoms. The Hall–Kier alpha value is -0.570. The highest BCUT2D eigenvalue weighted by Gasteiger charge is 2.53. The van der Waals surface area contributed by atoms with E-state index in [-0.39, 0.29) is 0 Å². The van der Waals surface area contributed by atoms with Gasteiger partial charge in [0.2, 0.25) is 0 Å². The molecule has 0 aliphatic heterocycles. The Balaban J connectivity index is 1.77. The first-order valence-corrected chi connectivity index (χ1v) is 10.1. The Morgan fingerprint density at radius 1 is 1.39 bits per heavy atom. The zero-order valence-corrected chi connectivity index (χ0v) is 16.6. The van der Waals surface area contributed by atoms with Gasteiger partial charge >= 0.3 is 0 Å². The standard InChI is InChI=1S/C22H29I/c1-4-20-18(12-8-11-16-9-6-5-7-10-16)19-14-13-17(23)15-21(19)22(20,2)3/h4-6,8-9,12-13,18-21H,1,7,10-11,14-15H2,2-3H3/b12-8-/t18?,19?,20-,21?/m0/s1. The van der Waals surface area contributed by atoms with Crippen LogP contribution in [0.3, 0.4) is 0 Å². The van der Waals surface area contributed by atoms with E-state index in [4.69, 9.17) is 0 Å². The van der Waals surface area contributed by atoms with E-state index in [0.29, 0.717) is 17.3 Å². The van der Waals surface area contributed by atoms with Gasteiger partial charge in [-0.1, -0.05) is 62.0 Å². The molecule has 3 aliphatic rings. The fourth-order valence-electron chi connectivity index (χ4n) is 5.05. The summed E-state index contributed by atoms with van der Waals surface area (Å²) in [5, 5.41) is 0. The lowest BCUT2D eigenvalue weighted by Crippen LogP contribution is -2.27. The van der Waals surface area contributed by atoms with Gasteiger partial charge in [-0.25, -0.2) is 0 Å². The third kappa shape index (κ3) is 3.45. The van der Waals surface area contributed by atoms with Crippen LogP contribution < -0.4 is 0 Å². The molecule has 0 amide bonds. The molecule has 0 radical (unpaired) electrons. The van der Waals surface area contributed by atoms with Gasteiger partial charge < -0.3 is 0 Å². The van der Waals surface area contributed by atoms with Crippen LogP contribution in [0.5, 0.6) is 0 Å². The molecule has 23 heavy (non-hydrogen) atoms. The van der Waals surface area contributed by atoms with Crippen molar-refractivity contribution in [1.82, 2.24) is 0 Å². The van der Waals surface area contributed by atoms with Gasteiger partial charge in [0.25, 0.3) is 0 Å². The Labute approximate surface area is 155 Å². The maximum Gasteiger partial charge on any atom is -0.0116 e. The maximum absolute atomic E-state index is 4.19. The zero-order valence-electron chi connectivity index (χ0n) is 14.5. The predicted octanol–water partition coefficient (Wildman–Crippen LogP) is 7.01. The van der Waals surface area contributed by atoms with Gasteiger partial charge in [0, 0.05) is 0 Å². The van der Waals surface area contributed by atoms with Crippen molar-refractivity contribution in [2.75, 3.05) is 0 Å². The first kappa shape index (κ1) is 17.3. The minimum atomic E-state index is 0.360. The van der Waals surface area contributed by atoms with Crippen LogP contribution in [0, 0.1) is 29.1 Å². The van der Waals surface area contributed by atoms with Crippen molar-refractivity contribution >= 4 is 22.6 Å². The summed E-state index contributed by atoms with van der Waals surface area (Å²) < 4.78 is 1.56. The van der Waals surface area contributed by atoms with Crippen LogP contribution >= 0.6 is 22.6 Å². The van der Waals surface area contributed by atoms with Crippen LogP contribution in [-0.2, 0) is 0 Å². The molecule has 0 N–H and O–H groups in total. The minimum absolute atomic E-state index is 0.360. The average molecular weight is 420 g/mol. The van der Waals surface area contributed by atoms with Crippen LogP contribution in [0.4, 0.5) is 0 Å². The molecule has 0 aromatic carbocycles. The van der Waals surface area contributed by atoms with Crippen molar-refractivity contribution in [1.29, 1.82) is 0 Å². The van der Waals surface area contributed by atoms with Crippen molar-refractivity contribution in [3.8, 4) is 0 Å². The Morgan fingerprint density at radius 2 is 2.22 bits per heavy atom. The zero-order chi connectivity index (χ0) is 16.4. The highest BCUT2D eigenvalue weighted by Crippen LogP contribution is 2.60. The van der Waals surface area contributed by atoms with Gasteiger partial charge in [-0.05, 0) is 87.4 Å². The summed E-state index contributed by atoms with van der Waals surface area (Å²) in [7, 11) is 0. The topological polar surface area (TPSA) is 0 Å². The summed E-state index contributed by atoms with van der Waals surface area (Å²) in [4.78, 5) is 0. The Kier molecular flexibility index (Phi) is 5.35. The van der Waals surface area contributed by atoms with E-state index in [2.05, 4.69) is 85.5 Å². The van der Waals surface area contributed by atoms with Gasteiger partial charge in [-0.2, -0.15) is 0 Å². The first-order chi connectivity index (χ1) is 11.0. The normalized spacial score (nSPS) is 35.8. The molecule has 1 saturated carbocycles. The molecule has 3 rings (SSSR count). The van der Waals surface area contributed by atoms with E-state index in [0.717, 1.165) is 18.3 Å². The number of allylic oxidation sites excluding steroid dienone is 9. The number of rotatable bonds is 4. The lowest BCUT2D eigenvalue weighted by molar-refractivity contribution is 0.187. The van der Waals surface area contributed by atoms with E-state index >= 15 is 0 Å². The van der Waals surface area contributed by atoms with Crippen molar-refractivity contribution in [3.63, 3.8) is 0 Å². The fourth-order valence-corrected chi connectivity index (χ4v) is 5.77.